The van der Waals surface area contributed by atoms with Crippen molar-refractivity contribution >= 4 is 40.0 Å². The molecular weight excluding hydrogens is 424 g/mol. The van der Waals surface area contributed by atoms with Gasteiger partial charge in [-0.05, 0) is 57.1 Å². The van der Waals surface area contributed by atoms with E-state index in [0.29, 0.717) is 23.0 Å². The molecular formula is C23H22N6O2S. The van der Waals surface area contributed by atoms with Crippen LogP contribution < -0.4 is 5.32 Å². The summed E-state index contributed by atoms with van der Waals surface area (Å²) in [5.74, 6) is -0.0736. The van der Waals surface area contributed by atoms with Crippen LogP contribution in [0.3, 0.4) is 0 Å². The number of hydrogen-bond acceptors (Lipinski definition) is 6. The van der Waals surface area contributed by atoms with Crippen molar-refractivity contribution in [2.75, 3.05) is 18.1 Å². The van der Waals surface area contributed by atoms with Crippen LogP contribution in [0.25, 0.3) is 10.8 Å². The number of anilines is 1. The molecule has 0 fully saturated rings. The van der Waals surface area contributed by atoms with Gasteiger partial charge in [0.2, 0.25) is 11.1 Å². The van der Waals surface area contributed by atoms with Crippen LogP contribution in [0.1, 0.15) is 15.9 Å². The highest BCUT2D eigenvalue weighted by atomic mass is 32.2. The minimum absolute atomic E-state index is 0.0821. The van der Waals surface area contributed by atoms with Gasteiger partial charge in [0.15, 0.2) is 0 Å². The van der Waals surface area contributed by atoms with Gasteiger partial charge in [0.1, 0.15) is 0 Å². The molecule has 0 saturated heterocycles. The van der Waals surface area contributed by atoms with Crippen LogP contribution in [0.15, 0.2) is 71.9 Å². The second-order valence-corrected chi connectivity index (χ2v) is 8.28. The summed E-state index contributed by atoms with van der Waals surface area (Å²) >= 11 is 1.25. The van der Waals surface area contributed by atoms with Gasteiger partial charge < -0.3 is 10.2 Å². The summed E-state index contributed by atoms with van der Waals surface area (Å²) in [6, 6.07) is 21.3. The molecule has 0 aliphatic carbocycles. The van der Waals surface area contributed by atoms with Crippen LogP contribution in [0, 0.1) is 0 Å². The second kappa shape index (κ2) is 9.61. The quantitative estimate of drug-likeness (QED) is 0.438. The molecule has 32 heavy (non-hydrogen) atoms. The summed E-state index contributed by atoms with van der Waals surface area (Å²) < 4.78 is 1.51. The number of tetrazole rings is 1. The fourth-order valence-corrected chi connectivity index (χ4v) is 3.92. The minimum Gasteiger partial charge on any atom is -0.337 e. The molecule has 1 heterocycles. The summed E-state index contributed by atoms with van der Waals surface area (Å²) in [6.07, 6.45) is 0. The van der Waals surface area contributed by atoms with E-state index in [1.54, 1.807) is 43.3 Å². The van der Waals surface area contributed by atoms with Gasteiger partial charge in [0, 0.05) is 31.9 Å². The van der Waals surface area contributed by atoms with Crippen LogP contribution in [-0.4, -0.2) is 49.7 Å². The maximum absolute atomic E-state index is 12.8. The van der Waals surface area contributed by atoms with E-state index in [1.807, 2.05) is 18.2 Å². The van der Waals surface area contributed by atoms with Crippen molar-refractivity contribution in [1.29, 1.82) is 0 Å². The number of amides is 2. The Balaban J connectivity index is 1.33. The molecule has 162 valence electrons. The number of nitrogens with zero attached hydrogens (tertiary/aromatic N) is 5. The van der Waals surface area contributed by atoms with Crippen molar-refractivity contribution < 1.29 is 9.59 Å². The summed E-state index contributed by atoms with van der Waals surface area (Å²) in [6.45, 7) is 0.510. The fraction of sp³-hybridized carbons (Fsp3) is 0.174. The molecule has 4 aromatic rings. The molecule has 9 heteroatoms. The molecule has 0 saturated carbocycles. The van der Waals surface area contributed by atoms with E-state index in [2.05, 4.69) is 45.1 Å². The normalized spacial score (nSPS) is 10.8. The summed E-state index contributed by atoms with van der Waals surface area (Å²) in [5.41, 5.74) is 2.25. The molecule has 0 radical (unpaired) electrons. The molecule has 8 nitrogen and oxygen atoms in total. The van der Waals surface area contributed by atoms with E-state index in [1.165, 1.54) is 21.8 Å². The molecule has 0 aliphatic rings. The zero-order chi connectivity index (χ0) is 22.5. The van der Waals surface area contributed by atoms with Crippen molar-refractivity contribution in [1.82, 2.24) is 25.1 Å². The van der Waals surface area contributed by atoms with Gasteiger partial charge in [-0.1, -0.05) is 48.2 Å². The maximum Gasteiger partial charge on any atom is 0.253 e. The van der Waals surface area contributed by atoms with Crippen molar-refractivity contribution in [3.05, 3.63) is 77.9 Å². The van der Waals surface area contributed by atoms with E-state index in [9.17, 15) is 9.59 Å². The lowest BCUT2D eigenvalue weighted by molar-refractivity contribution is -0.113. The Morgan fingerprint density at radius 3 is 2.50 bits per heavy atom. The van der Waals surface area contributed by atoms with Crippen LogP contribution in [-0.2, 0) is 18.4 Å². The SMILES string of the molecule is CN(Cc1ccc2ccccc2c1)C(=O)c1ccc(NC(=O)CSc2nnnn2C)cc1. The topological polar surface area (TPSA) is 93.0 Å². The first-order valence-corrected chi connectivity index (χ1v) is 11.0. The van der Waals surface area contributed by atoms with E-state index >= 15 is 0 Å². The molecule has 1 aromatic heterocycles. The molecule has 4 rings (SSSR count). The molecule has 0 bridgehead atoms. The highest BCUT2D eigenvalue weighted by Crippen LogP contribution is 2.18. The number of aromatic nitrogens is 4. The largest absolute Gasteiger partial charge is 0.337 e. The van der Waals surface area contributed by atoms with Gasteiger partial charge in [-0.2, -0.15) is 0 Å². The Hall–Kier alpha value is -3.72. The van der Waals surface area contributed by atoms with Crippen LogP contribution in [0.2, 0.25) is 0 Å². The first kappa shape index (κ1) is 21.5. The Morgan fingerprint density at radius 1 is 1.03 bits per heavy atom. The number of benzene rings is 3. The lowest BCUT2D eigenvalue weighted by Crippen LogP contribution is -2.26. The van der Waals surface area contributed by atoms with Gasteiger partial charge >= 0.3 is 0 Å². The predicted octanol–water partition coefficient (Wildman–Crippen LogP) is 3.37. The molecule has 0 aliphatic heterocycles. The van der Waals surface area contributed by atoms with Crippen LogP contribution in [0.4, 0.5) is 5.69 Å². The number of fused-ring (bicyclic) bond motifs is 1. The van der Waals surface area contributed by atoms with Gasteiger partial charge in [-0.15, -0.1) is 5.10 Å². The molecule has 0 atom stereocenters. The number of carbonyl (C=O) groups excluding carboxylic acids is 2. The first-order valence-electron chi connectivity index (χ1n) is 9.98. The molecule has 3 aromatic carbocycles. The molecule has 0 spiro atoms. The lowest BCUT2D eigenvalue weighted by atomic mass is 10.1. The van der Waals surface area contributed by atoms with Gasteiger partial charge in [0.25, 0.3) is 5.91 Å². The predicted molar refractivity (Wildman–Crippen MR) is 124 cm³/mol. The summed E-state index contributed by atoms with van der Waals surface area (Å²) in [5, 5.41) is 16.8. The van der Waals surface area contributed by atoms with E-state index in [-0.39, 0.29) is 17.6 Å². The fourth-order valence-electron chi connectivity index (χ4n) is 3.27. The monoisotopic (exact) mass is 446 g/mol. The standard InChI is InChI=1S/C23H22N6O2S/c1-28(14-16-7-8-17-5-3-4-6-19(17)13-16)22(31)18-9-11-20(12-10-18)24-21(30)15-32-23-25-26-27-29(23)2/h3-13H,14-15H2,1-2H3,(H,24,30). The van der Waals surface area contributed by atoms with Gasteiger partial charge in [0.05, 0.1) is 5.75 Å². The third-order valence-electron chi connectivity index (χ3n) is 4.91. The molecule has 2 amide bonds. The molecule has 1 N–H and O–H groups in total. The average Bonchev–Trinajstić information content (AvgIpc) is 3.22. The highest BCUT2D eigenvalue weighted by Gasteiger charge is 2.13. The Morgan fingerprint density at radius 2 is 1.78 bits per heavy atom. The zero-order valence-corrected chi connectivity index (χ0v) is 18.5. The van der Waals surface area contributed by atoms with E-state index < -0.39 is 0 Å². The van der Waals surface area contributed by atoms with Gasteiger partial charge in [-0.25, -0.2) is 4.68 Å². The highest BCUT2D eigenvalue weighted by molar-refractivity contribution is 7.99. The number of nitrogens with one attached hydrogen (secondary N) is 1. The smallest absolute Gasteiger partial charge is 0.253 e. The Labute approximate surface area is 189 Å². The van der Waals surface area contributed by atoms with Crippen molar-refractivity contribution in [2.24, 2.45) is 7.05 Å². The maximum atomic E-state index is 12.8. The summed E-state index contributed by atoms with van der Waals surface area (Å²) in [4.78, 5) is 26.7. The third-order valence-corrected chi connectivity index (χ3v) is 5.92. The van der Waals surface area contributed by atoms with Crippen molar-refractivity contribution in [2.45, 2.75) is 11.7 Å². The zero-order valence-electron chi connectivity index (χ0n) is 17.7. The Bertz CT molecular complexity index is 1250. The minimum atomic E-state index is -0.175. The average molecular weight is 447 g/mol. The number of rotatable bonds is 7. The number of aryl methyl sites for hydroxylation is 1. The Kier molecular flexibility index (Phi) is 6.46. The number of thioether (sulfide) groups is 1. The number of carbonyl (C=O) groups is 2. The third kappa shape index (κ3) is 5.12. The van der Waals surface area contributed by atoms with E-state index in [4.69, 9.17) is 0 Å². The van der Waals surface area contributed by atoms with Gasteiger partial charge in [-0.3, -0.25) is 9.59 Å². The van der Waals surface area contributed by atoms with Crippen molar-refractivity contribution in [3.63, 3.8) is 0 Å². The van der Waals surface area contributed by atoms with E-state index in [0.717, 1.165) is 10.9 Å². The van der Waals surface area contributed by atoms with Crippen LogP contribution >= 0.6 is 11.8 Å². The second-order valence-electron chi connectivity index (χ2n) is 7.34. The molecule has 0 unspecified atom stereocenters. The summed E-state index contributed by atoms with van der Waals surface area (Å²) in [7, 11) is 3.50. The lowest BCUT2D eigenvalue weighted by Gasteiger charge is -2.18. The van der Waals surface area contributed by atoms with Crippen LogP contribution in [0.5, 0.6) is 0 Å². The number of hydrogen-bond donors (Lipinski definition) is 1. The van der Waals surface area contributed by atoms with Crippen molar-refractivity contribution in [3.8, 4) is 0 Å². The first-order chi connectivity index (χ1) is 15.5.